The number of halogens is 1. The SMILES string of the molecule is CC(C)[C@H]1NC(=O)N(Cc2ccc(Br)c([N+](=O)[O-])c2)C1=O. The molecule has 1 fully saturated rings. The lowest BCUT2D eigenvalue weighted by Gasteiger charge is -2.14. The molecule has 1 aromatic carbocycles. The molecule has 1 saturated heterocycles. The van der Waals surface area contributed by atoms with Gasteiger partial charge in [-0.05, 0) is 33.5 Å². The van der Waals surface area contributed by atoms with Crippen LogP contribution >= 0.6 is 15.9 Å². The molecule has 0 unspecified atom stereocenters. The molecule has 3 amide bonds. The van der Waals surface area contributed by atoms with Gasteiger partial charge in [-0.2, -0.15) is 0 Å². The van der Waals surface area contributed by atoms with Crippen molar-refractivity contribution in [2.24, 2.45) is 5.92 Å². The van der Waals surface area contributed by atoms with Gasteiger partial charge in [0.25, 0.3) is 11.6 Å². The molecule has 0 aliphatic carbocycles. The molecule has 0 radical (unpaired) electrons. The van der Waals surface area contributed by atoms with E-state index in [0.717, 1.165) is 4.90 Å². The molecule has 0 saturated carbocycles. The highest BCUT2D eigenvalue weighted by atomic mass is 79.9. The zero-order valence-electron chi connectivity index (χ0n) is 11.5. The van der Waals surface area contributed by atoms with E-state index in [4.69, 9.17) is 0 Å². The third kappa shape index (κ3) is 3.05. The molecular weight excluding hydrogens is 342 g/mol. The fourth-order valence-corrected chi connectivity index (χ4v) is 2.51. The molecule has 0 bridgehead atoms. The van der Waals surface area contributed by atoms with E-state index in [9.17, 15) is 19.7 Å². The van der Waals surface area contributed by atoms with Crippen LogP contribution in [0.4, 0.5) is 10.5 Å². The van der Waals surface area contributed by atoms with Crippen LogP contribution < -0.4 is 5.32 Å². The Morgan fingerprint density at radius 3 is 2.62 bits per heavy atom. The fourth-order valence-electron chi connectivity index (χ4n) is 2.12. The van der Waals surface area contributed by atoms with E-state index in [1.54, 1.807) is 6.07 Å². The van der Waals surface area contributed by atoms with Crippen LogP contribution in [0.5, 0.6) is 0 Å². The average molecular weight is 356 g/mol. The first-order valence-electron chi connectivity index (χ1n) is 6.36. The smallest absolute Gasteiger partial charge is 0.325 e. The van der Waals surface area contributed by atoms with Crippen LogP contribution in [-0.4, -0.2) is 27.8 Å². The minimum absolute atomic E-state index is 0.00861. The number of nitro groups is 1. The number of carbonyl (C=O) groups is 2. The van der Waals surface area contributed by atoms with Gasteiger partial charge in [0.1, 0.15) is 6.04 Å². The number of amides is 3. The lowest BCUT2D eigenvalue weighted by atomic mass is 10.0. The first-order valence-corrected chi connectivity index (χ1v) is 7.15. The third-order valence-electron chi connectivity index (χ3n) is 3.27. The molecule has 1 atom stereocenters. The molecule has 8 heteroatoms. The molecule has 1 aliphatic rings. The molecule has 1 aliphatic heterocycles. The maximum absolute atomic E-state index is 12.1. The second-order valence-electron chi connectivity index (χ2n) is 5.14. The Labute approximate surface area is 129 Å². The average Bonchev–Trinajstić information content (AvgIpc) is 2.68. The summed E-state index contributed by atoms with van der Waals surface area (Å²) in [6.07, 6.45) is 0. The van der Waals surface area contributed by atoms with E-state index >= 15 is 0 Å². The van der Waals surface area contributed by atoms with Gasteiger partial charge >= 0.3 is 6.03 Å². The van der Waals surface area contributed by atoms with Gasteiger partial charge < -0.3 is 5.32 Å². The second-order valence-corrected chi connectivity index (χ2v) is 5.99. The van der Waals surface area contributed by atoms with E-state index in [1.165, 1.54) is 12.1 Å². The Bertz CT molecular complexity index is 617. The Morgan fingerprint density at radius 1 is 1.43 bits per heavy atom. The minimum Gasteiger partial charge on any atom is -0.326 e. The molecule has 1 aromatic rings. The summed E-state index contributed by atoms with van der Waals surface area (Å²) < 4.78 is 0.355. The molecule has 7 nitrogen and oxygen atoms in total. The van der Waals surface area contributed by atoms with E-state index in [0.29, 0.717) is 10.0 Å². The van der Waals surface area contributed by atoms with Gasteiger partial charge in [-0.15, -0.1) is 0 Å². The van der Waals surface area contributed by atoms with Crippen LogP contribution in [0.15, 0.2) is 22.7 Å². The number of nitro benzene ring substituents is 1. The van der Waals surface area contributed by atoms with E-state index < -0.39 is 17.0 Å². The van der Waals surface area contributed by atoms with Crippen molar-refractivity contribution in [3.05, 3.63) is 38.3 Å². The van der Waals surface area contributed by atoms with Gasteiger partial charge in [0.15, 0.2) is 0 Å². The second kappa shape index (κ2) is 5.80. The quantitative estimate of drug-likeness (QED) is 0.509. The zero-order chi connectivity index (χ0) is 15.7. The number of nitrogens with zero attached hydrogens (tertiary/aromatic N) is 2. The summed E-state index contributed by atoms with van der Waals surface area (Å²) in [4.78, 5) is 35.4. The number of carbonyl (C=O) groups excluding carboxylic acids is 2. The van der Waals surface area contributed by atoms with E-state index in [1.807, 2.05) is 13.8 Å². The minimum atomic E-state index is -0.539. The summed E-state index contributed by atoms with van der Waals surface area (Å²) in [5.41, 5.74) is 0.428. The Kier molecular flexibility index (Phi) is 4.26. The maximum atomic E-state index is 12.1. The maximum Gasteiger partial charge on any atom is 0.325 e. The predicted octanol–water partition coefficient (Wildman–Crippen LogP) is 2.43. The van der Waals surface area contributed by atoms with Crippen molar-refractivity contribution in [1.29, 1.82) is 0 Å². The summed E-state index contributed by atoms with van der Waals surface area (Å²) in [5, 5.41) is 13.5. The van der Waals surface area contributed by atoms with Gasteiger partial charge in [-0.1, -0.05) is 19.9 Å². The van der Waals surface area contributed by atoms with Gasteiger partial charge in [0.05, 0.1) is 15.9 Å². The number of hydrogen-bond donors (Lipinski definition) is 1. The van der Waals surface area contributed by atoms with Crippen molar-refractivity contribution in [3.8, 4) is 0 Å². The summed E-state index contributed by atoms with van der Waals surface area (Å²) in [7, 11) is 0. The van der Waals surface area contributed by atoms with Crippen LogP contribution in [0.1, 0.15) is 19.4 Å². The summed E-state index contributed by atoms with van der Waals surface area (Å²) in [6.45, 7) is 3.70. The van der Waals surface area contributed by atoms with Crippen LogP contribution in [0, 0.1) is 16.0 Å². The van der Waals surface area contributed by atoms with Crippen LogP contribution in [-0.2, 0) is 11.3 Å². The molecule has 1 heterocycles. The van der Waals surface area contributed by atoms with Crippen molar-refractivity contribution in [2.45, 2.75) is 26.4 Å². The topological polar surface area (TPSA) is 92.6 Å². The molecule has 112 valence electrons. The zero-order valence-corrected chi connectivity index (χ0v) is 13.1. The highest BCUT2D eigenvalue weighted by Gasteiger charge is 2.39. The lowest BCUT2D eigenvalue weighted by Crippen LogP contribution is -2.34. The molecular formula is C13H14BrN3O4. The largest absolute Gasteiger partial charge is 0.326 e. The third-order valence-corrected chi connectivity index (χ3v) is 3.94. The Hall–Kier alpha value is -1.96. The number of nitrogens with one attached hydrogen (secondary N) is 1. The predicted molar refractivity (Wildman–Crippen MR) is 78.5 cm³/mol. The van der Waals surface area contributed by atoms with Gasteiger partial charge in [-0.25, -0.2) is 4.79 Å². The molecule has 1 N–H and O–H groups in total. The summed E-state index contributed by atoms with van der Waals surface area (Å²) in [6, 6.07) is 3.52. The highest BCUT2D eigenvalue weighted by molar-refractivity contribution is 9.10. The first-order chi connectivity index (χ1) is 9.81. The Balaban J connectivity index is 2.22. The monoisotopic (exact) mass is 355 g/mol. The van der Waals surface area contributed by atoms with Crippen molar-refractivity contribution in [2.75, 3.05) is 0 Å². The van der Waals surface area contributed by atoms with Crippen molar-refractivity contribution in [1.82, 2.24) is 10.2 Å². The fraction of sp³-hybridized carbons (Fsp3) is 0.385. The molecule has 21 heavy (non-hydrogen) atoms. The summed E-state index contributed by atoms with van der Waals surface area (Å²) in [5.74, 6) is -0.314. The van der Waals surface area contributed by atoms with Crippen molar-refractivity contribution >= 4 is 33.6 Å². The van der Waals surface area contributed by atoms with Crippen molar-refractivity contribution in [3.63, 3.8) is 0 Å². The number of rotatable bonds is 4. The van der Waals surface area contributed by atoms with Crippen molar-refractivity contribution < 1.29 is 14.5 Å². The van der Waals surface area contributed by atoms with Crippen LogP contribution in [0.25, 0.3) is 0 Å². The van der Waals surface area contributed by atoms with Gasteiger partial charge in [-0.3, -0.25) is 19.8 Å². The first kappa shape index (κ1) is 15.4. The number of imide groups is 1. The van der Waals surface area contributed by atoms with Gasteiger partial charge in [0.2, 0.25) is 0 Å². The molecule has 0 aromatic heterocycles. The van der Waals surface area contributed by atoms with Crippen LogP contribution in [0.2, 0.25) is 0 Å². The number of hydrogen-bond acceptors (Lipinski definition) is 4. The van der Waals surface area contributed by atoms with Gasteiger partial charge in [0, 0.05) is 6.07 Å². The standard InChI is InChI=1S/C13H14BrN3O4/c1-7(2)11-12(18)16(13(19)15-11)6-8-3-4-9(14)10(5-8)17(20)21/h3-5,7,11H,6H2,1-2H3,(H,15,19)/t11-/m1/s1. The molecule has 0 spiro atoms. The number of benzene rings is 1. The van der Waals surface area contributed by atoms with E-state index in [-0.39, 0.29) is 24.1 Å². The summed E-state index contributed by atoms with van der Waals surface area (Å²) >= 11 is 3.09. The van der Waals surface area contributed by atoms with E-state index in [2.05, 4.69) is 21.2 Å². The molecule has 2 rings (SSSR count). The normalized spacial score (nSPS) is 18.3. The Morgan fingerprint density at radius 2 is 2.10 bits per heavy atom. The number of urea groups is 1. The lowest BCUT2D eigenvalue weighted by molar-refractivity contribution is -0.385. The van der Waals surface area contributed by atoms with Crippen LogP contribution in [0.3, 0.4) is 0 Å². The highest BCUT2D eigenvalue weighted by Crippen LogP contribution is 2.27.